The first-order valence-corrected chi connectivity index (χ1v) is 9.51. The Labute approximate surface area is 150 Å². The van der Waals surface area contributed by atoms with Crippen molar-refractivity contribution in [2.75, 3.05) is 6.61 Å². The molecule has 1 aliphatic heterocycles. The van der Waals surface area contributed by atoms with Crippen molar-refractivity contribution < 1.29 is 34.7 Å². The fourth-order valence-corrected chi connectivity index (χ4v) is 2.93. The molecule has 0 aliphatic carbocycles. The molecule has 7 heteroatoms. The lowest BCUT2D eigenvalue weighted by atomic mass is 9.99. The van der Waals surface area contributed by atoms with Crippen LogP contribution in [0.5, 0.6) is 0 Å². The summed E-state index contributed by atoms with van der Waals surface area (Å²) in [6.45, 7) is 1.65. The van der Waals surface area contributed by atoms with Crippen LogP contribution in [0.15, 0.2) is 0 Å². The van der Waals surface area contributed by atoms with Crippen LogP contribution in [0.2, 0.25) is 0 Å². The van der Waals surface area contributed by atoms with Crippen LogP contribution in [-0.4, -0.2) is 63.7 Å². The van der Waals surface area contributed by atoms with Gasteiger partial charge in [0.1, 0.15) is 24.4 Å². The third-order valence-electron chi connectivity index (χ3n) is 4.58. The van der Waals surface area contributed by atoms with Crippen LogP contribution in [0, 0.1) is 0 Å². The summed E-state index contributed by atoms with van der Waals surface area (Å²) >= 11 is 0. The van der Waals surface area contributed by atoms with E-state index in [2.05, 4.69) is 6.92 Å². The number of hydrogen-bond acceptors (Lipinski definition) is 7. The highest BCUT2D eigenvalue weighted by Crippen LogP contribution is 2.22. The Kier molecular flexibility index (Phi) is 11.2. The van der Waals surface area contributed by atoms with Crippen LogP contribution < -0.4 is 0 Å². The molecule has 0 unspecified atom stereocenters. The van der Waals surface area contributed by atoms with E-state index in [0.717, 1.165) is 12.8 Å². The fraction of sp³-hybridized carbons (Fsp3) is 0.944. The largest absolute Gasteiger partial charge is 0.433 e. The maximum Gasteiger partial charge on any atom is 0.308 e. The van der Waals surface area contributed by atoms with Crippen molar-refractivity contribution in [3.63, 3.8) is 0 Å². The summed E-state index contributed by atoms with van der Waals surface area (Å²) in [7, 11) is 0. The maximum absolute atomic E-state index is 11.8. The van der Waals surface area contributed by atoms with Gasteiger partial charge in [-0.25, -0.2) is 0 Å². The molecule has 0 bridgehead atoms. The standard InChI is InChI=1S/C18H34O7/c1-2-3-4-5-6-7-8-9-10-11-14(20)25-18-17(23)16(22)15(21)13(12-19)24-18/h13,15-19,21-23H,2-12H2,1H3/t13-,15-,16+,17-,18-/m1/s1. The first-order valence-electron chi connectivity index (χ1n) is 9.51. The van der Waals surface area contributed by atoms with Crippen molar-refractivity contribution in [1.82, 2.24) is 0 Å². The van der Waals surface area contributed by atoms with Crippen LogP contribution in [0.25, 0.3) is 0 Å². The molecule has 4 N–H and O–H groups in total. The smallest absolute Gasteiger partial charge is 0.308 e. The minimum Gasteiger partial charge on any atom is -0.433 e. The highest BCUT2D eigenvalue weighted by molar-refractivity contribution is 5.69. The number of unbranched alkanes of at least 4 members (excludes halogenated alkanes) is 8. The predicted molar refractivity (Wildman–Crippen MR) is 91.7 cm³/mol. The molecule has 1 fully saturated rings. The average molecular weight is 362 g/mol. The van der Waals surface area contributed by atoms with E-state index in [9.17, 15) is 20.1 Å². The number of carbonyl (C=O) groups is 1. The lowest BCUT2D eigenvalue weighted by molar-refractivity contribution is -0.292. The molecule has 5 atom stereocenters. The van der Waals surface area contributed by atoms with E-state index in [-0.39, 0.29) is 6.42 Å². The second-order valence-electron chi connectivity index (χ2n) is 6.77. The van der Waals surface area contributed by atoms with Crippen LogP contribution in [0.3, 0.4) is 0 Å². The lowest BCUT2D eigenvalue weighted by Crippen LogP contribution is -2.59. The van der Waals surface area contributed by atoms with E-state index in [4.69, 9.17) is 14.6 Å². The monoisotopic (exact) mass is 362 g/mol. The maximum atomic E-state index is 11.8. The van der Waals surface area contributed by atoms with Gasteiger partial charge in [0.15, 0.2) is 0 Å². The van der Waals surface area contributed by atoms with Gasteiger partial charge in [-0.05, 0) is 6.42 Å². The van der Waals surface area contributed by atoms with E-state index in [1.54, 1.807) is 0 Å². The Hall–Kier alpha value is -0.730. The van der Waals surface area contributed by atoms with E-state index < -0.39 is 43.3 Å². The highest BCUT2D eigenvalue weighted by atomic mass is 16.7. The van der Waals surface area contributed by atoms with Gasteiger partial charge in [-0.15, -0.1) is 0 Å². The Balaban J connectivity index is 2.15. The number of aliphatic hydroxyl groups excluding tert-OH is 4. The van der Waals surface area contributed by atoms with Crippen molar-refractivity contribution in [2.45, 2.75) is 102 Å². The molecule has 148 valence electrons. The van der Waals surface area contributed by atoms with Crippen molar-refractivity contribution in [3.8, 4) is 0 Å². The lowest BCUT2D eigenvalue weighted by Gasteiger charge is -2.39. The van der Waals surface area contributed by atoms with Gasteiger partial charge in [0.05, 0.1) is 6.61 Å². The molecule has 0 amide bonds. The minimum atomic E-state index is -1.54. The third kappa shape index (κ3) is 8.00. The summed E-state index contributed by atoms with van der Waals surface area (Å²) in [5, 5.41) is 38.2. The molecule has 0 aromatic carbocycles. The predicted octanol–water partition coefficient (Wildman–Crippen LogP) is 1.25. The zero-order chi connectivity index (χ0) is 18.7. The summed E-state index contributed by atoms with van der Waals surface area (Å²) in [5.74, 6) is -0.521. The number of rotatable bonds is 12. The summed E-state index contributed by atoms with van der Waals surface area (Å²) in [6.07, 6.45) is 3.49. The Morgan fingerprint density at radius 3 is 2.00 bits per heavy atom. The molecule has 1 aliphatic rings. The number of esters is 1. The Morgan fingerprint density at radius 1 is 0.880 bits per heavy atom. The molecular formula is C18H34O7. The molecule has 0 aromatic rings. The van der Waals surface area contributed by atoms with Crippen LogP contribution in [0.4, 0.5) is 0 Å². The van der Waals surface area contributed by atoms with Gasteiger partial charge >= 0.3 is 5.97 Å². The summed E-state index contributed by atoms with van der Waals surface area (Å²) < 4.78 is 10.2. The third-order valence-corrected chi connectivity index (χ3v) is 4.58. The van der Waals surface area contributed by atoms with Gasteiger partial charge in [-0.1, -0.05) is 58.3 Å². The van der Waals surface area contributed by atoms with Crippen LogP contribution >= 0.6 is 0 Å². The van der Waals surface area contributed by atoms with E-state index in [1.807, 2.05) is 0 Å². The van der Waals surface area contributed by atoms with E-state index in [0.29, 0.717) is 6.42 Å². The highest BCUT2D eigenvalue weighted by Gasteiger charge is 2.45. The van der Waals surface area contributed by atoms with Crippen LogP contribution in [0.1, 0.15) is 71.1 Å². The quantitative estimate of drug-likeness (QED) is 0.305. The van der Waals surface area contributed by atoms with E-state index in [1.165, 1.54) is 38.5 Å². The first kappa shape index (κ1) is 22.3. The second kappa shape index (κ2) is 12.6. The van der Waals surface area contributed by atoms with Crippen molar-refractivity contribution in [2.24, 2.45) is 0 Å². The molecule has 7 nitrogen and oxygen atoms in total. The van der Waals surface area contributed by atoms with Crippen LogP contribution in [-0.2, 0) is 14.3 Å². The molecule has 0 aromatic heterocycles. The zero-order valence-electron chi connectivity index (χ0n) is 15.2. The van der Waals surface area contributed by atoms with Gasteiger partial charge < -0.3 is 29.9 Å². The van der Waals surface area contributed by atoms with Gasteiger partial charge in [-0.3, -0.25) is 4.79 Å². The van der Waals surface area contributed by atoms with Crippen molar-refractivity contribution >= 4 is 5.97 Å². The van der Waals surface area contributed by atoms with E-state index >= 15 is 0 Å². The molecular weight excluding hydrogens is 328 g/mol. The SMILES string of the molecule is CCCCCCCCCCCC(=O)O[C@H]1O[C@H](CO)[C@@H](O)[C@H](O)[C@H]1O. The van der Waals surface area contributed by atoms with Gasteiger partial charge in [0.25, 0.3) is 0 Å². The summed E-state index contributed by atoms with van der Waals surface area (Å²) in [6, 6.07) is 0. The normalized spacial score (nSPS) is 29.6. The van der Waals surface area contributed by atoms with Crippen molar-refractivity contribution in [1.29, 1.82) is 0 Å². The van der Waals surface area contributed by atoms with Gasteiger partial charge in [0.2, 0.25) is 6.29 Å². The number of aliphatic hydroxyl groups is 4. The van der Waals surface area contributed by atoms with Crippen molar-refractivity contribution in [3.05, 3.63) is 0 Å². The first-order chi connectivity index (χ1) is 12.0. The van der Waals surface area contributed by atoms with Gasteiger partial charge in [0, 0.05) is 6.42 Å². The molecule has 0 spiro atoms. The molecule has 1 saturated heterocycles. The number of ether oxygens (including phenoxy) is 2. The molecule has 1 heterocycles. The fourth-order valence-electron chi connectivity index (χ4n) is 2.93. The second-order valence-corrected chi connectivity index (χ2v) is 6.77. The molecule has 1 rings (SSSR count). The zero-order valence-corrected chi connectivity index (χ0v) is 15.2. The Bertz CT molecular complexity index is 361. The molecule has 0 radical (unpaired) electrons. The van der Waals surface area contributed by atoms with Gasteiger partial charge in [-0.2, -0.15) is 0 Å². The number of carbonyl (C=O) groups excluding carboxylic acids is 1. The Morgan fingerprint density at radius 2 is 1.44 bits per heavy atom. The average Bonchev–Trinajstić information content (AvgIpc) is 2.60. The number of hydrogen-bond donors (Lipinski definition) is 4. The topological polar surface area (TPSA) is 116 Å². The summed E-state index contributed by atoms with van der Waals surface area (Å²) in [5.41, 5.74) is 0. The minimum absolute atomic E-state index is 0.213. The summed E-state index contributed by atoms with van der Waals surface area (Å²) in [4.78, 5) is 11.8. The molecule has 25 heavy (non-hydrogen) atoms. The molecule has 0 saturated carbocycles.